The zero-order chi connectivity index (χ0) is 21.5. The summed E-state index contributed by atoms with van der Waals surface area (Å²) in [4.78, 5) is 0. The first-order chi connectivity index (χ1) is 15.0. The van der Waals surface area contributed by atoms with E-state index in [0.29, 0.717) is 0 Å². The second-order valence-corrected chi connectivity index (χ2v) is 9.30. The number of pyridine rings is 1. The fourth-order valence-corrected chi connectivity index (χ4v) is 5.40. The third-order valence-corrected chi connectivity index (χ3v) is 7.51. The molecule has 0 unspecified atom stereocenters. The molecule has 0 bridgehead atoms. The van der Waals surface area contributed by atoms with Crippen molar-refractivity contribution in [2.45, 2.75) is 52.4 Å². The number of aromatic nitrogens is 1. The third kappa shape index (κ3) is 3.47. The van der Waals surface area contributed by atoms with Gasteiger partial charge in [0.1, 0.15) is 7.05 Å². The fourth-order valence-electron chi connectivity index (χ4n) is 5.40. The second kappa shape index (κ2) is 7.96. The van der Waals surface area contributed by atoms with Crippen LogP contribution in [0.15, 0.2) is 66.7 Å². The van der Waals surface area contributed by atoms with Crippen LogP contribution in [0.5, 0.6) is 0 Å². The van der Waals surface area contributed by atoms with Crippen molar-refractivity contribution in [1.29, 1.82) is 0 Å². The van der Waals surface area contributed by atoms with Crippen molar-refractivity contribution in [3.05, 3.63) is 89.1 Å². The predicted octanol–water partition coefficient (Wildman–Crippen LogP) is 7.58. The molecule has 156 valence electrons. The monoisotopic (exact) mass is 406 g/mol. The minimum atomic E-state index is 0.740. The average Bonchev–Trinajstić information content (AvgIpc) is 3.34. The zero-order valence-electron chi connectivity index (χ0n) is 19.2. The van der Waals surface area contributed by atoms with Gasteiger partial charge < -0.3 is 0 Å². The lowest BCUT2D eigenvalue weighted by molar-refractivity contribution is -0.665. The Kier molecular flexibility index (Phi) is 5.14. The highest BCUT2D eigenvalue weighted by Crippen LogP contribution is 2.38. The number of nitrogens with zero attached hydrogens (tertiary/aromatic N) is 1. The molecule has 5 rings (SSSR count). The van der Waals surface area contributed by atoms with Crippen LogP contribution < -0.4 is 4.57 Å². The number of hydrogen-bond acceptors (Lipinski definition) is 0. The molecule has 1 aromatic heterocycles. The van der Waals surface area contributed by atoms with E-state index in [1.807, 2.05) is 0 Å². The molecule has 1 fully saturated rings. The van der Waals surface area contributed by atoms with E-state index in [0.717, 1.165) is 5.92 Å². The largest absolute Gasteiger partial charge is 0.220 e. The summed E-state index contributed by atoms with van der Waals surface area (Å²) in [6.45, 7) is 6.78. The molecule has 1 saturated carbocycles. The fraction of sp³-hybridized carbons (Fsp3) is 0.300. The van der Waals surface area contributed by atoms with Gasteiger partial charge in [0, 0.05) is 12.5 Å². The van der Waals surface area contributed by atoms with Crippen molar-refractivity contribution in [2.75, 3.05) is 0 Å². The van der Waals surface area contributed by atoms with Gasteiger partial charge in [0.15, 0.2) is 5.69 Å². The molecule has 1 aliphatic rings. The summed E-state index contributed by atoms with van der Waals surface area (Å²) in [5, 5.41) is 2.78. The number of fused-ring (bicyclic) bond motifs is 1. The van der Waals surface area contributed by atoms with E-state index in [9.17, 15) is 0 Å². The van der Waals surface area contributed by atoms with Crippen molar-refractivity contribution in [3.63, 3.8) is 0 Å². The van der Waals surface area contributed by atoms with E-state index < -0.39 is 0 Å². The van der Waals surface area contributed by atoms with Gasteiger partial charge in [-0.05, 0) is 72.4 Å². The predicted molar refractivity (Wildman–Crippen MR) is 131 cm³/mol. The molecule has 3 aromatic carbocycles. The summed E-state index contributed by atoms with van der Waals surface area (Å²) < 4.78 is 2.39. The van der Waals surface area contributed by atoms with Crippen molar-refractivity contribution in [3.8, 4) is 22.4 Å². The van der Waals surface area contributed by atoms with Crippen molar-refractivity contribution >= 4 is 10.8 Å². The molecule has 1 heterocycles. The standard InChI is InChI=1S/C30H32N/c1-20-14-15-25(23-10-6-5-7-11-23)18-28(20)30-27-17-16-26(24-12-8-9-13-24)19-29(27)21(2)22(3)31(30)4/h5-7,10-11,14-19,24H,8-9,12-13H2,1-4H3/q+1. The van der Waals surface area contributed by atoms with Crippen LogP contribution in [0.4, 0.5) is 0 Å². The summed E-state index contributed by atoms with van der Waals surface area (Å²) >= 11 is 0. The lowest BCUT2D eigenvalue weighted by atomic mass is 9.90. The summed E-state index contributed by atoms with van der Waals surface area (Å²) in [6.07, 6.45) is 5.44. The van der Waals surface area contributed by atoms with E-state index in [-0.39, 0.29) is 0 Å². The van der Waals surface area contributed by atoms with Gasteiger partial charge in [0.25, 0.3) is 0 Å². The van der Waals surface area contributed by atoms with E-state index in [2.05, 4.69) is 99.1 Å². The van der Waals surface area contributed by atoms with Gasteiger partial charge in [-0.1, -0.05) is 67.4 Å². The van der Waals surface area contributed by atoms with Crippen LogP contribution in [-0.2, 0) is 7.05 Å². The Labute approximate surface area is 186 Å². The van der Waals surface area contributed by atoms with Crippen LogP contribution >= 0.6 is 0 Å². The Morgan fingerprint density at radius 3 is 2.23 bits per heavy atom. The number of hydrogen-bond donors (Lipinski definition) is 0. The second-order valence-electron chi connectivity index (χ2n) is 9.30. The van der Waals surface area contributed by atoms with Crippen molar-refractivity contribution < 1.29 is 4.57 Å². The normalized spacial score (nSPS) is 14.5. The lowest BCUT2D eigenvalue weighted by Gasteiger charge is -2.16. The molecule has 31 heavy (non-hydrogen) atoms. The van der Waals surface area contributed by atoms with Crippen LogP contribution in [-0.4, -0.2) is 0 Å². The maximum absolute atomic E-state index is 2.49. The first-order valence-corrected chi connectivity index (χ1v) is 11.6. The lowest BCUT2D eigenvalue weighted by Crippen LogP contribution is -2.36. The number of benzene rings is 3. The molecular weight excluding hydrogens is 374 g/mol. The highest BCUT2D eigenvalue weighted by Gasteiger charge is 2.24. The maximum Gasteiger partial charge on any atom is 0.220 e. The molecule has 1 nitrogen and oxygen atoms in total. The molecule has 0 aliphatic heterocycles. The molecule has 0 atom stereocenters. The smallest absolute Gasteiger partial charge is 0.198 e. The van der Waals surface area contributed by atoms with E-state index in [1.54, 1.807) is 0 Å². The Bertz CT molecular complexity index is 1260. The first kappa shape index (κ1) is 20.0. The number of rotatable bonds is 3. The minimum absolute atomic E-state index is 0.740. The summed E-state index contributed by atoms with van der Waals surface area (Å²) in [5.41, 5.74) is 10.8. The molecule has 0 spiro atoms. The van der Waals surface area contributed by atoms with Gasteiger partial charge in [-0.15, -0.1) is 0 Å². The van der Waals surface area contributed by atoms with E-state index in [1.165, 1.54) is 81.2 Å². The highest BCUT2D eigenvalue weighted by molar-refractivity contribution is 5.97. The SMILES string of the molecule is Cc1ccc(-c2ccccc2)cc1-c1c2ccc(C3CCCC3)cc2c(C)c(C)[n+]1C. The van der Waals surface area contributed by atoms with E-state index in [4.69, 9.17) is 0 Å². The summed E-state index contributed by atoms with van der Waals surface area (Å²) in [5.74, 6) is 0.740. The Balaban J connectivity index is 1.75. The molecule has 1 heteroatoms. The van der Waals surface area contributed by atoms with Crippen molar-refractivity contribution in [2.24, 2.45) is 7.05 Å². The Morgan fingerprint density at radius 1 is 0.742 bits per heavy atom. The van der Waals surface area contributed by atoms with Crippen molar-refractivity contribution in [1.82, 2.24) is 0 Å². The molecule has 4 aromatic rings. The maximum atomic E-state index is 2.49. The van der Waals surface area contributed by atoms with Gasteiger partial charge in [-0.25, -0.2) is 0 Å². The summed E-state index contributed by atoms with van der Waals surface area (Å²) in [6, 6.07) is 24.9. The molecule has 1 aliphatic carbocycles. The van der Waals surface area contributed by atoms with Gasteiger partial charge in [0.05, 0.1) is 10.9 Å². The highest BCUT2D eigenvalue weighted by atomic mass is 14.9. The minimum Gasteiger partial charge on any atom is -0.198 e. The zero-order valence-corrected chi connectivity index (χ0v) is 19.2. The van der Waals surface area contributed by atoms with Gasteiger partial charge in [0.2, 0.25) is 5.69 Å². The third-order valence-electron chi connectivity index (χ3n) is 7.51. The molecule has 0 radical (unpaired) electrons. The average molecular weight is 407 g/mol. The first-order valence-electron chi connectivity index (χ1n) is 11.6. The van der Waals surface area contributed by atoms with Gasteiger partial charge in [-0.2, -0.15) is 4.57 Å². The van der Waals surface area contributed by atoms with Gasteiger partial charge in [-0.3, -0.25) is 0 Å². The summed E-state index contributed by atoms with van der Waals surface area (Å²) in [7, 11) is 2.22. The number of aryl methyl sites for hydroxylation is 2. The van der Waals surface area contributed by atoms with Crippen LogP contribution in [0, 0.1) is 20.8 Å². The Hall–Kier alpha value is -2.93. The van der Waals surface area contributed by atoms with Crippen LogP contribution in [0.1, 0.15) is 54.0 Å². The molecule has 0 N–H and O–H groups in total. The Morgan fingerprint density at radius 2 is 1.48 bits per heavy atom. The molecular formula is C30H32N+. The topological polar surface area (TPSA) is 3.88 Å². The molecule has 0 amide bonds. The quantitative estimate of drug-likeness (QED) is 0.309. The van der Waals surface area contributed by atoms with Crippen LogP contribution in [0.3, 0.4) is 0 Å². The molecule has 0 saturated heterocycles. The van der Waals surface area contributed by atoms with E-state index >= 15 is 0 Å². The van der Waals surface area contributed by atoms with Crippen LogP contribution in [0.25, 0.3) is 33.2 Å². The van der Waals surface area contributed by atoms with Gasteiger partial charge >= 0.3 is 0 Å². The van der Waals surface area contributed by atoms with Crippen LogP contribution in [0.2, 0.25) is 0 Å².